The van der Waals surface area contributed by atoms with Crippen LogP contribution in [0.5, 0.6) is 0 Å². The molecule has 22 heavy (non-hydrogen) atoms. The molecule has 0 aliphatic heterocycles. The molecule has 0 radical (unpaired) electrons. The molecule has 0 amide bonds. The van der Waals surface area contributed by atoms with Gasteiger partial charge in [-0.2, -0.15) is 5.26 Å². The van der Waals surface area contributed by atoms with E-state index in [1.807, 2.05) is 19.9 Å². The quantitative estimate of drug-likeness (QED) is 0.530. The Morgan fingerprint density at radius 1 is 1.41 bits per heavy atom. The van der Waals surface area contributed by atoms with Gasteiger partial charge in [0.15, 0.2) is 11.9 Å². The van der Waals surface area contributed by atoms with Crippen LogP contribution in [0.15, 0.2) is 23.8 Å². The summed E-state index contributed by atoms with van der Waals surface area (Å²) in [5.74, 6) is 1.03. The molecular formula is C19H31NO2. The minimum atomic E-state index is -0.893. The van der Waals surface area contributed by atoms with Gasteiger partial charge in [0.1, 0.15) is 6.07 Å². The number of ether oxygens (including phenoxy) is 2. The van der Waals surface area contributed by atoms with E-state index in [1.54, 1.807) is 0 Å². The second kappa shape index (κ2) is 9.12. The minimum Gasteiger partial charge on any atom is -0.353 e. The fourth-order valence-corrected chi connectivity index (χ4v) is 2.83. The number of nitrogens with zero attached hydrogens (tertiary/aromatic N) is 1. The van der Waals surface area contributed by atoms with Crippen LogP contribution in [0.4, 0.5) is 0 Å². The first-order chi connectivity index (χ1) is 10.4. The molecule has 0 heterocycles. The Hall–Kier alpha value is -1.11. The van der Waals surface area contributed by atoms with Crippen LogP contribution in [0.2, 0.25) is 0 Å². The third kappa shape index (κ3) is 5.94. The summed E-state index contributed by atoms with van der Waals surface area (Å²) in [5.41, 5.74) is 0.515. The molecule has 0 saturated heterocycles. The van der Waals surface area contributed by atoms with E-state index >= 15 is 0 Å². The maximum absolute atomic E-state index is 9.73. The van der Waals surface area contributed by atoms with Crippen LogP contribution in [0.25, 0.3) is 0 Å². The van der Waals surface area contributed by atoms with E-state index in [0.717, 1.165) is 19.3 Å². The number of hydrogen-bond acceptors (Lipinski definition) is 3. The van der Waals surface area contributed by atoms with Crippen LogP contribution < -0.4 is 0 Å². The van der Waals surface area contributed by atoms with Gasteiger partial charge in [0.05, 0.1) is 0 Å². The molecule has 0 aromatic carbocycles. The largest absolute Gasteiger partial charge is 0.353 e. The Bertz CT molecular complexity index is 433. The normalized spacial score (nSPS) is 31.9. The van der Waals surface area contributed by atoms with E-state index in [-0.39, 0.29) is 6.29 Å². The summed E-state index contributed by atoms with van der Waals surface area (Å²) in [6.45, 7) is 11.0. The second-order valence-electron chi connectivity index (χ2n) is 6.54. The molecule has 3 atom stereocenters. The lowest BCUT2D eigenvalue weighted by atomic mass is 9.85. The molecule has 0 N–H and O–H groups in total. The fraction of sp³-hybridized carbons (Fsp3) is 0.737. The highest BCUT2D eigenvalue weighted by Gasteiger charge is 2.31. The van der Waals surface area contributed by atoms with Crippen LogP contribution in [-0.2, 0) is 9.47 Å². The van der Waals surface area contributed by atoms with Crippen molar-refractivity contribution in [1.29, 1.82) is 5.26 Å². The van der Waals surface area contributed by atoms with E-state index in [2.05, 4.69) is 39.0 Å². The van der Waals surface area contributed by atoms with Crippen molar-refractivity contribution in [2.24, 2.45) is 11.8 Å². The van der Waals surface area contributed by atoms with Gasteiger partial charge in [0.2, 0.25) is 0 Å². The van der Waals surface area contributed by atoms with Gasteiger partial charge in [0.25, 0.3) is 0 Å². The number of allylic oxidation sites excluding steroid dienone is 3. The van der Waals surface area contributed by atoms with Gasteiger partial charge in [-0.15, -0.1) is 0 Å². The van der Waals surface area contributed by atoms with Crippen LogP contribution >= 0.6 is 0 Å². The first kappa shape index (κ1) is 18.9. The summed E-state index contributed by atoms with van der Waals surface area (Å²) in [7, 11) is 0. The minimum absolute atomic E-state index is 0.375. The predicted molar refractivity (Wildman–Crippen MR) is 90.2 cm³/mol. The lowest BCUT2D eigenvalue weighted by Crippen LogP contribution is -2.34. The molecule has 1 aliphatic rings. The summed E-state index contributed by atoms with van der Waals surface area (Å²) >= 11 is 0. The van der Waals surface area contributed by atoms with Gasteiger partial charge in [-0.1, -0.05) is 31.6 Å². The lowest BCUT2D eigenvalue weighted by molar-refractivity contribution is -0.168. The number of nitriles is 1. The first-order valence-corrected chi connectivity index (χ1v) is 8.48. The highest BCUT2D eigenvalue weighted by molar-refractivity contribution is 5.19. The second-order valence-corrected chi connectivity index (χ2v) is 6.54. The third-order valence-electron chi connectivity index (χ3n) is 4.32. The predicted octanol–water partition coefficient (Wildman–Crippen LogP) is 5.00. The molecule has 3 heteroatoms. The molecule has 0 spiro atoms. The van der Waals surface area contributed by atoms with Gasteiger partial charge in [0, 0.05) is 6.61 Å². The zero-order valence-electron chi connectivity index (χ0n) is 14.8. The Morgan fingerprint density at radius 2 is 2.14 bits per heavy atom. The Labute approximate surface area is 136 Å². The molecule has 0 fully saturated rings. The van der Waals surface area contributed by atoms with Crippen LogP contribution in [0, 0.1) is 23.2 Å². The Kier molecular flexibility index (Phi) is 7.85. The smallest absolute Gasteiger partial charge is 0.176 e. The Balaban J connectivity index is 3.00. The van der Waals surface area contributed by atoms with E-state index < -0.39 is 5.60 Å². The van der Waals surface area contributed by atoms with Gasteiger partial charge in [-0.25, -0.2) is 0 Å². The van der Waals surface area contributed by atoms with Crippen LogP contribution in [0.1, 0.15) is 60.3 Å². The van der Waals surface area contributed by atoms with Crippen molar-refractivity contribution in [3.63, 3.8) is 0 Å². The molecular weight excluding hydrogens is 274 g/mol. The summed E-state index contributed by atoms with van der Waals surface area (Å²) in [6.07, 6.45) is 9.81. The van der Waals surface area contributed by atoms with Gasteiger partial charge in [-0.05, 0) is 64.4 Å². The molecule has 1 rings (SSSR count). The van der Waals surface area contributed by atoms with Crippen molar-refractivity contribution < 1.29 is 9.47 Å². The van der Waals surface area contributed by atoms with Crippen molar-refractivity contribution in [2.75, 3.05) is 6.61 Å². The number of hydrogen-bond donors (Lipinski definition) is 0. The molecule has 124 valence electrons. The van der Waals surface area contributed by atoms with E-state index in [4.69, 9.17) is 9.47 Å². The van der Waals surface area contributed by atoms with Gasteiger partial charge in [-0.3, -0.25) is 0 Å². The maximum atomic E-state index is 9.73. The summed E-state index contributed by atoms with van der Waals surface area (Å²) in [6, 6.07) is 2.38. The number of rotatable bonds is 5. The maximum Gasteiger partial charge on any atom is 0.176 e. The zero-order valence-corrected chi connectivity index (χ0v) is 14.8. The van der Waals surface area contributed by atoms with E-state index in [1.165, 1.54) is 5.57 Å². The third-order valence-corrected chi connectivity index (χ3v) is 4.32. The molecule has 0 bridgehead atoms. The highest BCUT2D eigenvalue weighted by Crippen LogP contribution is 2.29. The van der Waals surface area contributed by atoms with Crippen molar-refractivity contribution in [1.82, 2.24) is 0 Å². The average molecular weight is 305 g/mol. The van der Waals surface area contributed by atoms with Crippen molar-refractivity contribution in [3.05, 3.63) is 23.8 Å². The zero-order chi connectivity index (χ0) is 16.6. The molecule has 0 aromatic heterocycles. The highest BCUT2D eigenvalue weighted by atomic mass is 16.7. The standard InChI is InChI=1S/C19H31NO2/c1-6-21-17(5)22-19(14-20)12-7-8-16(4)9-10-18(11-13-19)15(2)3/h8,11,13,15,17-18H,6-7,9-10,12H2,1-5H3/b13-11+,16-8+/t17?,18-,19?/m1/s1. The molecule has 0 aromatic rings. The van der Waals surface area contributed by atoms with Crippen molar-refractivity contribution in [3.8, 4) is 6.07 Å². The average Bonchev–Trinajstić information content (AvgIpc) is 2.46. The van der Waals surface area contributed by atoms with Gasteiger partial charge >= 0.3 is 0 Å². The molecule has 3 nitrogen and oxygen atoms in total. The first-order valence-electron chi connectivity index (χ1n) is 8.48. The summed E-state index contributed by atoms with van der Waals surface area (Å²) in [4.78, 5) is 0. The van der Waals surface area contributed by atoms with Gasteiger partial charge < -0.3 is 9.47 Å². The topological polar surface area (TPSA) is 42.2 Å². The van der Waals surface area contributed by atoms with Crippen LogP contribution in [-0.4, -0.2) is 18.5 Å². The summed E-state index contributed by atoms with van der Waals surface area (Å²) < 4.78 is 11.4. The summed E-state index contributed by atoms with van der Waals surface area (Å²) in [5, 5.41) is 9.73. The fourth-order valence-electron chi connectivity index (χ4n) is 2.83. The monoisotopic (exact) mass is 305 g/mol. The van der Waals surface area contributed by atoms with Crippen LogP contribution in [0.3, 0.4) is 0 Å². The SMILES string of the molecule is CCOC(C)OC1(C#N)/C=C/[C@H](C(C)C)CC/C(C)=C/CC1. The molecule has 2 unspecified atom stereocenters. The lowest BCUT2D eigenvalue weighted by Gasteiger charge is -2.29. The Morgan fingerprint density at radius 3 is 2.73 bits per heavy atom. The van der Waals surface area contributed by atoms with E-state index in [0.29, 0.717) is 24.9 Å². The van der Waals surface area contributed by atoms with E-state index in [9.17, 15) is 5.26 Å². The van der Waals surface area contributed by atoms with Crippen molar-refractivity contribution >= 4 is 0 Å². The molecule has 0 saturated carbocycles. The molecule has 1 aliphatic carbocycles. The van der Waals surface area contributed by atoms with Crippen molar-refractivity contribution in [2.45, 2.75) is 72.2 Å².